The van der Waals surface area contributed by atoms with Gasteiger partial charge in [-0.2, -0.15) is 81.2 Å². The molecule has 18 rings (SSSR count). The molecule has 0 N–H and O–H groups in total. The molecule has 0 aliphatic carbocycles. The van der Waals surface area contributed by atoms with Crippen LogP contribution < -0.4 is 32.8 Å². The quantitative estimate of drug-likeness (QED) is 0.131. The van der Waals surface area contributed by atoms with Crippen molar-refractivity contribution in [3.8, 4) is 62.1 Å². The van der Waals surface area contributed by atoms with Gasteiger partial charge in [0, 0.05) is 35.8 Å². The minimum Gasteiger partial charge on any atom is -0.328 e. The summed E-state index contributed by atoms with van der Waals surface area (Å²) in [5, 5.41) is 6.92. The molecule has 0 fully saturated rings. The van der Waals surface area contributed by atoms with Gasteiger partial charge in [-0.3, -0.25) is 0 Å². The van der Waals surface area contributed by atoms with Crippen molar-refractivity contribution in [2.45, 2.75) is 0 Å². The topological polar surface area (TPSA) is 66.3 Å². The van der Waals surface area contributed by atoms with Crippen molar-refractivity contribution in [3.05, 3.63) is 201 Å². The number of benzene rings is 8. The van der Waals surface area contributed by atoms with Crippen molar-refractivity contribution < 1.29 is 42.1 Å². The molecule has 0 spiro atoms. The number of hydrogen-bond donors (Lipinski definition) is 0. The van der Waals surface area contributed by atoms with E-state index in [0.29, 0.717) is 5.95 Å². The van der Waals surface area contributed by atoms with Crippen LogP contribution in [-0.2, 0) is 42.1 Å². The van der Waals surface area contributed by atoms with Gasteiger partial charge in [-0.05, 0) is 53.2 Å². The van der Waals surface area contributed by atoms with E-state index < -0.39 is 0 Å². The Morgan fingerprint density at radius 1 is 0.315 bits per heavy atom. The van der Waals surface area contributed by atoms with Gasteiger partial charge in [-0.25, -0.2) is 19.9 Å². The molecule has 11 heteroatoms. The Hall–Kier alpha value is -7.95. The maximum atomic E-state index is 4.93. The van der Waals surface area contributed by atoms with Gasteiger partial charge in [0.05, 0.1) is 0 Å². The van der Waals surface area contributed by atoms with Gasteiger partial charge in [0.1, 0.15) is 11.6 Å². The first-order valence-corrected chi connectivity index (χ1v) is 24.1. The molecule has 0 atom stereocenters. The van der Waals surface area contributed by atoms with Crippen LogP contribution in [0.25, 0.3) is 128 Å². The van der Waals surface area contributed by atoms with E-state index in [0.717, 1.165) is 66.4 Å². The summed E-state index contributed by atoms with van der Waals surface area (Å²) in [7, 11) is 0. The standard InChI is InChI=1S/C62H29B2N7.2Pt/c1-3-18-52-34(12-1)44-26-40-36-14-9-16-38-42-28-46-47-29-43-39-17-10-15-37-41-27-45-35-13-2-4-19-53(35)70(59-21-6-8-23-66-59)55(45)31-49(41)64(61(37)39)51(43)33-57(47)71(62-67-24-11-25-68-62)56(46)32-50(42)63(60(36)38)48(40)30-54(44)69(52)58-20-5-7-22-65-58;;/h1-29H;;/q-4;2*+2. The maximum absolute atomic E-state index is 4.93. The third-order valence-electron chi connectivity index (χ3n) is 16.0. The molecule has 10 heterocycles. The van der Waals surface area contributed by atoms with Gasteiger partial charge in [-0.15, -0.1) is 33.0 Å². The second-order valence-electron chi connectivity index (χ2n) is 19.3. The molecule has 338 valence electrons. The summed E-state index contributed by atoms with van der Waals surface area (Å²) >= 11 is 0. The summed E-state index contributed by atoms with van der Waals surface area (Å²) in [4.78, 5) is 19.5. The Labute approximate surface area is 446 Å². The molecular weight excluding hydrogens is 1250 g/mol. The monoisotopic (exact) mass is 1280 g/mol. The van der Waals surface area contributed by atoms with E-state index in [1.807, 2.05) is 43.0 Å². The molecule has 7 nitrogen and oxygen atoms in total. The second kappa shape index (κ2) is 14.8. The molecule has 6 aromatic heterocycles. The molecule has 0 saturated heterocycles. The van der Waals surface area contributed by atoms with Gasteiger partial charge in [0.2, 0.25) is 5.95 Å². The van der Waals surface area contributed by atoms with E-state index in [-0.39, 0.29) is 55.6 Å². The molecule has 73 heavy (non-hydrogen) atoms. The van der Waals surface area contributed by atoms with Crippen molar-refractivity contribution in [2.75, 3.05) is 0 Å². The van der Waals surface area contributed by atoms with E-state index in [1.54, 1.807) is 0 Å². The largest absolute Gasteiger partial charge is 2.00 e. The van der Waals surface area contributed by atoms with Crippen molar-refractivity contribution in [1.82, 2.24) is 33.6 Å². The number of aromatic nitrogens is 7. The second-order valence-corrected chi connectivity index (χ2v) is 19.3. The van der Waals surface area contributed by atoms with Crippen LogP contribution in [0.15, 0.2) is 176 Å². The van der Waals surface area contributed by atoms with Crippen LogP contribution in [0.1, 0.15) is 0 Å². The van der Waals surface area contributed by atoms with Crippen LogP contribution in [0.3, 0.4) is 0 Å². The Morgan fingerprint density at radius 3 is 1.07 bits per heavy atom. The van der Waals surface area contributed by atoms with Crippen LogP contribution in [0.2, 0.25) is 0 Å². The maximum Gasteiger partial charge on any atom is 2.00 e. The van der Waals surface area contributed by atoms with Crippen LogP contribution in [0.4, 0.5) is 0 Å². The zero-order chi connectivity index (χ0) is 45.8. The first-order valence-electron chi connectivity index (χ1n) is 24.1. The molecule has 0 radical (unpaired) electrons. The average Bonchev–Trinajstić information content (AvgIpc) is 4.29. The van der Waals surface area contributed by atoms with Gasteiger partial charge in [-0.1, -0.05) is 140 Å². The van der Waals surface area contributed by atoms with E-state index in [2.05, 4.69) is 171 Å². The predicted octanol–water partition coefficient (Wildman–Crippen LogP) is 8.71. The third kappa shape index (κ3) is 5.19. The average molecular weight is 1280 g/mol. The molecule has 14 aromatic rings. The fourth-order valence-electron chi connectivity index (χ4n) is 13.3. The third-order valence-corrected chi connectivity index (χ3v) is 16.0. The van der Waals surface area contributed by atoms with Crippen molar-refractivity contribution in [1.29, 1.82) is 0 Å². The van der Waals surface area contributed by atoms with Gasteiger partial charge in [0.25, 0.3) is 0 Å². The van der Waals surface area contributed by atoms with Gasteiger partial charge >= 0.3 is 42.1 Å². The van der Waals surface area contributed by atoms with E-state index in [9.17, 15) is 0 Å². The van der Waals surface area contributed by atoms with Gasteiger partial charge in [0.15, 0.2) is 13.4 Å². The molecule has 0 bridgehead atoms. The van der Waals surface area contributed by atoms with Crippen LogP contribution >= 0.6 is 0 Å². The molecule has 4 aliphatic rings. The fourth-order valence-corrected chi connectivity index (χ4v) is 13.3. The number of nitrogens with zero attached hydrogens (tertiary/aromatic N) is 7. The summed E-state index contributed by atoms with van der Waals surface area (Å²) < 4.78 is 6.73. The number of para-hydroxylation sites is 2. The Kier molecular flexibility index (Phi) is 8.46. The smallest absolute Gasteiger partial charge is 0.328 e. The summed E-state index contributed by atoms with van der Waals surface area (Å²) in [5.41, 5.74) is 23.3. The van der Waals surface area contributed by atoms with Crippen LogP contribution in [0.5, 0.6) is 0 Å². The summed E-state index contributed by atoms with van der Waals surface area (Å²) in [6.07, 6.45) is 7.38. The molecular formula is C62H29B2N7Pt2. The van der Waals surface area contributed by atoms with Crippen molar-refractivity contribution in [3.63, 3.8) is 0 Å². The van der Waals surface area contributed by atoms with Crippen LogP contribution in [-0.4, -0.2) is 47.1 Å². The molecule has 4 aliphatic heterocycles. The number of rotatable bonds is 3. The van der Waals surface area contributed by atoms with E-state index >= 15 is 0 Å². The number of fused-ring (bicyclic) bond motifs is 21. The summed E-state index contributed by atoms with van der Waals surface area (Å²) in [6, 6.07) is 70.9. The Bertz CT molecular complexity index is 4500. The molecule has 0 saturated carbocycles. The Balaban J connectivity index is 0.00000228. The molecule has 0 unspecified atom stereocenters. The summed E-state index contributed by atoms with van der Waals surface area (Å²) in [5.74, 6) is 2.34. The molecule has 8 aromatic carbocycles. The number of pyridine rings is 2. The SMILES string of the molecule is [Pt+2].[Pt+2].[c-]1c2c(cc3c4cc5c([c-]c4n(-c4ncccn4)c13)B1c3[c-]c4c(cc3-c3cccc-5c31)c1ccccc1n4-c1ccccn1)-c1cccc3c1B2c1[c-]c2c(cc1-3)c1ccccc1n2-c1ccccn1. The predicted molar refractivity (Wildman–Crippen MR) is 287 cm³/mol. The first-order chi connectivity index (χ1) is 35.2. The number of hydrogen-bond acceptors (Lipinski definition) is 4. The fraction of sp³-hybridized carbons (Fsp3) is 0. The zero-order valence-electron chi connectivity index (χ0n) is 38.2. The minimum atomic E-state index is -0.0540. The van der Waals surface area contributed by atoms with E-state index in [4.69, 9.17) is 19.9 Å². The normalized spacial score (nSPS) is 12.9. The zero-order valence-corrected chi connectivity index (χ0v) is 42.7. The molecule has 0 amide bonds. The summed E-state index contributed by atoms with van der Waals surface area (Å²) in [6.45, 7) is -0.108. The Morgan fingerprint density at radius 2 is 0.671 bits per heavy atom. The van der Waals surface area contributed by atoms with E-state index in [1.165, 1.54) is 87.9 Å². The minimum absolute atomic E-state index is 0. The van der Waals surface area contributed by atoms with Crippen molar-refractivity contribution >= 4 is 112 Å². The first kappa shape index (κ1) is 41.6. The van der Waals surface area contributed by atoms with Gasteiger partial charge < -0.3 is 13.7 Å². The van der Waals surface area contributed by atoms with Crippen molar-refractivity contribution in [2.24, 2.45) is 0 Å². The van der Waals surface area contributed by atoms with Crippen LogP contribution in [0, 0.1) is 24.3 Å².